The highest BCUT2D eigenvalue weighted by molar-refractivity contribution is 5.71. The first-order valence-corrected chi connectivity index (χ1v) is 5.92. The summed E-state index contributed by atoms with van der Waals surface area (Å²) in [5.74, 6) is 0. The Balaban J connectivity index is 2.60. The highest BCUT2D eigenvalue weighted by Crippen LogP contribution is 2.29. The van der Waals surface area contributed by atoms with Crippen LogP contribution in [0.5, 0.6) is 0 Å². The molecule has 0 aliphatic carbocycles. The van der Waals surface area contributed by atoms with Crippen molar-refractivity contribution in [2.75, 3.05) is 0 Å². The molecule has 0 N–H and O–H groups in total. The fraction of sp³-hybridized carbons (Fsp3) is 0.133. The van der Waals surface area contributed by atoms with Crippen LogP contribution in [0.4, 0.5) is 5.69 Å². The normalized spacial score (nSPS) is 10.2. The molecule has 0 bridgehead atoms. The second-order valence-corrected chi connectivity index (χ2v) is 4.28. The first-order valence-electron chi connectivity index (χ1n) is 5.92. The van der Waals surface area contributed by atoms with Crippen molar-refractivity contribution in [3.63, 3.8) is 0 Å². The first kappa shape index (κ1) is 13.0. The fourth-order valence-electron chi connectivity index (χ4n) is 2.03. The lowest BCUT2D eigenvalue weighted by molar-refractivity contribution is -0.384. The number of nitro groups is 1. The van der Waals surface area contributed by atoms with Gasteiger partial charge in [0.25, 0.3) is 5.69 Å². The number of benzene rings is 1. The minimum absolute atomic E-state index is 0.0992. The van der Waals surface area contributed by atoms with Gasteiger partial charge in [0.15, 0.2) is 0 Å². The Labute approximate surface area is 111 Å². The SMILES string of the molecule is C=CCc1cc([N+](=O)[O-])ccc1-c1cnccc1C. The van der Waals surface area contributed by atoms with Gasteiger partial charge in [0.2, 0.25) is 0 Å². The summed E-state index contributed by atoms with van der Waals surface area (Å²) in [5.41, 5.74) is 4.04. The molecule has 0 atom stereocenters. The number of allylic oxidation sites excluding steroid dienone is 1. The van der Waals surface area contributed by atoms with Crippen LogP contribution in [0.2, 0.25) is 0 Å². The number of nitrogens with zero attached hydrogens (tertiary/aromatic N) is 2. The number of rotatable bonds is 4. The molecule has 0 unspecified atom stereocenters. The highest BCUT2D eigenvalue weighted by atomic mass is 16.6. The van der Waals surface area contributed by atoms with Gasteiger partial charge in [-0.3, -0.25) is 15.1 Å². The molecular formula is C15H14N2O2. The van der Waals surface area contributed by atoms with Crippen LogP contribution in [-0.2, 0) is 6.42 Å². The van der Waals surface area contributed by atoms with Crippen LogP contribution in [0.25, 0.3) is 11.1 Å². The molecule has 4 nitrogen and oxygen atoms in total. The van der Waals surface area contributed by atoms with Crippen molar-refractivity contribution in [3.8, 4) is 11.1 Å². The van der Waals surface area contributed by atoms with Gasteiger partial charge in [-0.05, 0) is 42.2 Å². The average molecular weight is 254 g/mol. The van der Waals surface area contributed by atoms with Gasteiger partial charge >= 0.3 is 0 Å². The van der Waals surface area contributed by atoms with Crippen LogP contribution in [0.1, 0.15) is 11.1 Å². The molecule has 1 aromatic carbocycles. The molecule has 0 spiro atoms. The summed E-state index contributed by atoms with van der Waals surface area (Å²) in [5, 5.41) is 10.8. The number of aromatic nitrogens is 1. The molecule has 2 aromatic rings. The molecule has 0 saturated carbocycles. The van der Waals surface area contributed by atoms with Gasteiger partial charge in [-0.1, -0.05) is 6.08 Å². The third kappa shape index (κ3) is 2.68. The van der Waals surface area contributed by atoms with E-state index in [1.165, 1.54) is 6.07 Å². The quantitative estimate of drug-likeness (QED) is 0.475. The maximum Gasteiger partial charge on any atom is 0.269 e. The third-order valence-electron chi connectivity index (χ3n) is 2.99. The van der Waals surface area contributed by atoms with E-state index in [0.717, 1.165) is 22.3 Å². The van der Waals surface area contributed by atoms with Crippen LogP contribution in [0.3, 0.4) is 0 Å². The smallest absolute Gasteiger partial charge is 0.264 e. The first-order chi connectivity index (χ1) is 9.13. The van der Waals surface area contributed by atoms with E-state index < -0.39 is 0 Å². The van der Waals surface area contributed by atoms with Crippen molar-refractivity contribution in [1.29, 1.82) is 0 Å². The lowest BCUT2D eigenvalue weighted by Crippen LogP contribution is -1.95. The molecular weight excluding hydrogens is 240 g/mol. The minimum atomic E-state index is -0.382. The van der Waals surface area contributed by atoms with Crippen molar-refractivity contribution in [3.05, 3.63) is 70.6 Å². The van der Waals surface area contributed by atoms with Crippen LogP contribution in [-0.4, -0.2) is 9.91 Å². The summed E-state index contributed by atoms with van der Waals surface area (Å²) in [7, 11) is 0. The van der Waals surface area contributed by atoms with Gasteiger partial charge in [-0.2, -0.15) is 0 Å². The van der Waals surface area contributed by atoms with Gasteiger partial charge < -0.3 is 0 Å². The van der Waals surface area contributed by atoms with Gasteiger partial charge in [-0.15, -0.1) is 6.58 Å². The van der Waals surface area contributed by atoms with Crippen molar-refractivity contribution < 1.29 is 4.92 Å². The number of aryl methyl sites for hydroxylation is 1. The summed E-state index contributed by atoms with van der Waals surface area (Å²) >= 11 is 0. The van der Waals surface area contributed by atoms with Gasteiger partial charge in [0.05, 0.1) is 4.92 Å². The Morgan fingerprint density at radius 3 is 2.79 bits per heavy atom. The summed E-state index contributed by atoms with van der Waals surface area (Å²) in [6.45, 7) is 5.70. The van der Waals surface area contributed by atoms with E-state index in [1.807, 2.05) is 13.0 Å². The number of pyridine rings is 1. The zero-order valence-corrected chi connectivity index (χ0v) is 10.7. The molecule has 0 aliphatic rings. The largest absolute Gasteiger partial charge is 0.269 e. The standard InChI is InChI=1S/C15H14N2O2/c1-3-4-12-9-13(17(18)19)5-6-14(12)15-10-16-8-7-11(15)2/h3,5-10H,1,4H2,2H3. The lowest BCUT2D eigenvalue weighted by atomic mass is 9.95. The van der Waals surface area contributed by atoms with Crippen LogP contribution in [0, 0.1) is 17.0 Å². The van der Waals surface area contributed by atoms with Crippen molar-refractivity contribution in [2.24, 2.45) is 0 Å². The van der Waals surface area contributed by atoms with E-state index in [9.17, 15) is 10.1 Å². The molecule has 1 heterocycles. The monoisotopic (exact) mass is 254 g/mol. The zero-order valence-electron chi connectivity index (χ0n) is 10.7. The Kier molecular flexibility index (Phi) is 3.71. The Morgan fingerprint density at radius 1 is 1.37 bits per heavy atom. The second-order valence-electron chi connectivity index (χ2n) is 4.28. The summed E-state index contributed by atoms with van der Waals surface area (Å²) in [4.78, 5) is 14.6. The summed E-state index contributed by atoms with van der Waals surface area (Å²) < 4.78 is 0. The van der Waals surface area contributed by atoms with Crippen LogP contribution >= 0.6 is 0 Å². The minimum Gasteiger partial charge on any atom is -0.264 e. The molecule has 4 heteroatoms. The molecule has 0 radical (unpaired) electrons. The lowest BCUT2D eigenvalue weighted by Gasteiger charge is -2.10. The summed E-state index contributed by atoms with van der Waals surface area (Å²) in [6, 6.07) is 6.83. The van der Waals surface area contributed by atoms with E-state index in [2.05, 4.69) is 11.6 Å². The third-order valence-corrected chi connectivity index (χ3v) is 2.99. The Hall–Kier alpha value is -2.49. The number of nitro benzene ring substituents is 1. The molecule has 0 aliphatic heterocycles. The molecule has 0 fully saturated rings. The maximum atomic E-state index is 10.8. The Morgan fingerprint density at radius 2 is 2.16 bits per heavy atom. The summed E-state index contributed by atoms with van der Waals surface area (Å²) in [6.07, 6.45) is 5.85. The fourth-order valence-corrected chi connectivity index (χ4v) is 2.03. The van der Waals surface area contributed by atoms with Crippen molar-refractivity contribution >= 4 is 5.69 Å². The number of hydrogen-bond donors (Lipinski definition) is 0. The Bertz CT molecular complexity index is 636. The van der Waals surface area contributed by atoms with E-state index in [-0.39, 0.29) is 10.6 Å². The van der Waals surface area contributed by atoms with Crippen molar-refractivity contribution in [1.82, 2.24) is 4.98 Å². The van der Waals surface area contributed by atoms with Gasteiger partial charge in [0.1, 0.15) is 0 Å². The molecule has 2 rings (SSSR count). The molecule has 0 amide bonds. The predicted molar refractivity (Wildman–Crippen MR) is 75.0 cm³/mol. The van der Waals surface area contributed by atoms with Gasteiger partial charge in [-0.25, -0.2) is 0 Å². The second kappa shape index (κ2) is 5.44. The number of hydrogen-bond acceptors (Lipinski definition) is 3. The van der Waals surface area contributed by atoms with E-state index in [4.69, 9.17) is 0 Å². The predicted octanol–water partition coefficient (Wildman–Crippen LogP) is 3.69. The number of non-ortho nitro benzene ring substituents is 1. The van der Waals surface area contributed by atoms with E-state index in [1.54, 1.807) is 30.6 Å². The van der Waals surface area contributed by atoms with Gasteiger partial charge in [0, 0.05) is 30.1 Å². The molecule has 19 heavy (non-hydrogen) atoms. The van der Waals surface area contributed by atoms with E-state index >= 15 is 0 Å². The topological polar surface area (TPSA) is 56.0 Å². The molecule has 0 saturated heterocycles. The molecule has 1 aromatic heterocycles. The maximum absolute atomic E-state index is 10.8. The van der Waals surface area contributed by atoms with E-state index in [0.29, 0.717) is 6.42 Å². The van der Waals surface area contributed by atoms with Crippen molar-refractivity contribution in [2.45, 2.75) is 13.3 Å². The van der Waals surface area contributed by atoms with Crippen LogP contribution in [0.15, 0.2) is 49.3 Å². The zero-order chi connectivity index (χ0) is 13.8. The molecule has 96 valence electrons. The average Bonchev–Trinajstić information content (AvgIpc) is 2.40. The van der Waals surface area contributed by atoms with Crippen LogP contribution < -0.4 is 0 Å². The highest BCUT2D eigenvalue weighted by Gasteiger charge is 2.12.